The summed E-state index contributed by atoms with van der Waals surface area (Å²) in [5.41, 5.74) is 3.17. The summed E-state index contributed by atoms with van der Waals surface area (Å²) >= 11 is 1.65. The van der Waals surface area contributed by atoms with E-state index in [1.54, 1.807) is 11.3 Å². The van der Waals surface area contributed by atoms with Crippen molar-refractivity contribution in [3.8, 4) is 0 Å². The van der Waals surface area contributed by atoms with Gasteiger partial charge in [-0.25, -0.2) is 4.98 Å². The van der Waals surface area contributed by atoms with Gasteiger partial charge in [-0.3, -0.25) is 4.79 Å². The topological polar surface area (TPSA) is 67.4 Å². The van der Waals surface area contributed by atoms with Crippen molar-refractivity contribution >= 4 is 32.7 Å². The molecule has 5 rings (SSSR count). The molecule has 4 heterocycles. The molecule has 2 aliphatic rings. The van der Waals surface area contributed by atoms with Crippen molar-refractivity contribution < 1.29 is 9.53 Å². The summed E-state index contributed by atoms with van der Waals surface area (Å²) in [6.45, 7) is 3.06. The molecule has 7 heteroatoms. The largest absolute Gasteiger partial charge is 0.381 e. The molecule has 2 fully saturated rings. The summed E-state index contributed by atoms with van der Waals surface area (Å²) in [7, 11) is 0. The van der Waals surface area contributed by atoms with Gasteiger partial charge in [0, 0.05) is 32.5 Å². The number of nitrogens with zero attached hydrogens (tertiary/aromatic N) is 3. The summed E-state index contributed by atoms with van der Waals surface area (Å²) in [4.78, 5) is 24.4. The van der Waals surface area contributed by atoms with Gasteiger partial charge in [-0.15, -0.1) is 0 Å². The van der Waals surface area contributed by atoms with Crippen molar-refractivity contribution in [1.29, 1.82) is 0 Å². The number of fused-ring (bicyclic) bond motifs is 1. The first-order valence-corrected chi connectivity index (χ1v) is 11.5. The van der Waals surface area contributed by atoms with Crippen molar-refractivity contribution in [2.45, 2.75) is 44.2 Å². The molecule has 0 saturated carbocycles. The van der Waals surface area contributed by atoms with Crippen molar-refractivity contribution in [3.63, 3.8) is 0 Å². The Morgan fingerprint density at radius 1 is 1.20 bits per heavy atom. The molecule has 1 aromatic carbocycles. The van der Waals surface area contributed by atoms with Crippen LogP contribution in [0.4, 0.5) is 5.13 Å². The molecule has 2 aliphatic heterocycles. The number of pyridine rings is 1. The monoisotopic (exact) mass is 422 g/mol. The second kappa shape index (κ2) is 8.70. The number of hydrogen-bond donors (Lipinski definition) is 1. The average molecular weight is 423 g/mol. The van der Waals surface area contributed by atoms with Gasteiger partial charge < -0.3 is 15.0 Å². The Morgan fingerprint density at radius 3 is 2.87 bits per heavy atom. The third-order valence-corrected chi connectivity index (χ3v) is 7.09. The van der Waals surface area contributed by atoms with Crippen LogP contribution in [0.3, 0.4) is 0 Å². The van der Waals surface area contributed by atoms with Crippen molar-refractivity contribution in [2.24, 2.45) is 0 Å². The third-order valence-electron chi connectivity index (χ3n) is 6.06. The van der Waals surface area contributed by atoms with E-state index in [-0.39, 0.29) is 11.9 Å². The van der Waals surface area contributed by atoms with Gasteiger partial charge >= 0.3 is 0 Å². The minimum atomic E-state index is -0.163. The number of aromatic nitrogens is 2. The van der Waals surface area contributed by atoms with E-state index in [9.17, 15) is 4.79 Å². The highest BCUT2D eigenvalue weighted by atomic mass is 32.1. The zero-order valence-corrected chi connectivity index (χ0v) is 17.7. The van der Waals surface area contributed by atoms with Crippen molar-refractivity contribution in [2.75, 3.05) is 24.7 Å². The molecule has 2 aromatic heterocycles. The van der Waals surface area contributed by atoms with Crippen LogP contribution in [0.1, 0.15) is 42.7 Å². The van der Waals surface area contributed by atoms with Gasteiger partial charge in [-0.1, -0.05) is 41.7 Å². The fraction of sp³-hybridized carbons (Fsp3) is 0.435. The van der Waals surface area contributed by atoms with Gasteiger partial charge in [0.05, 0.1) is 4.70 Å². The Morgan fingerprint density at radius 2 is 2.03 bits per heavy atom. The van der Waals surface area contributed by atoms with Crippen LogP contribution in [0.5, 0.6) is 0 Å². The van der Waals surface area contributed by atoms with Gasteiger partial charge in [0.1, 0.15) is 6.04 Å². The van der Waals surface area contributed by atoms with E-state index >= 15 is 0 Å². The minimum absolute atomic E-state index is 0.0754. The molecule has 0 radical (unpaired) electrons. The molecule has 0 aliphatic carbocycles. The molecule has 0 spiro atoms. The van der Waals surface area contributed by atoms with E-state index in [1.165, 1.54) is 5.56 Å². The lowest BCUT2D eigenvalue weighted by molar-refractivity contribution is -0.122. The highest BCUT2D eigenvalue weighted by Crippen LogP contribution is 2.35. The molecule has 0 unspecified atom stereocenters. The van der Waals surface area contributed by atoms with Crippen LogP contribution in [0.25, 0.3) is 10.3 Å². The van der Waals surface area contributed by atoms with E-state index in [0.717, 1.165) is 66.5 Å². The van der Waals surface area contributed by atoms with Crippen LogP contribution in [0.15, 0.2) is 42.6 Å². The summed E-state index contributed by atoms with van der Waals surface area (Å²) in [5.74, 6) is 0.593. The average Bonchev–Trinajstić information content (AvgIpc) is 3.45. The van der Waals surface area contributed by atoms with Crippen molar-refractivity contribution in [3.05, 3.63) is 53.7 Å². The van der Waals surface area contributed by atoms with Crippen LogP contribution < -0.4 is 10.2 Å². The normalized spacial score (nSPS) is 20.0. The summed E-state index contributed by atoms with van der Waals surface area (Å²) < 4.78 is 6.59. The van der Waals surface area contributed by atoms with Gasteiger partial charge in [-0.2, -0.15) is 4.98 Å². The van der Waals surface area contributed by atoms with E-state index < -0.39 is 0 Å². The second-order valence-electron chi connectivity index (χ2n) is 8.03. The first-order chi connectivity index (χ1) is 14.8. The van der Waals surface area contributed by atoms with Gasteiger partial charge in [0.2, 0.25) is 5.91 Å². The maximum atomic E-state index is 12.9. The van der Waals surface area contributed by atoms with Crippen LogP contribution in [-0.4, -0.2) is 41.7 Å². The maximum Gasteiger partial charge on any atom is 0.243 e. The second-order valence-corrected chi connectivity index (χ2v) is 9.04. The quantitative estimate of drug-likeness (QED) is 0.676. The lowest BCUT2D eigenvalue weighted by Gasteiger charge is -2.23. The Labute approximate surface area is 180 Å². The highest BCUT2D eigenvalue weighted by Gasteiger charge is 2.32. The number of anilines is 1. The molecule has 30 heavy (non-hydrogen) atoms. The number of thiazole rings is 1. The number of benzene rings is 1. The number of ether oxygens (including phenoxy) is 1. The maximum absolute atomic E-state index is 12.9. The first-order valence-electron chi connectivity index (χ1n) is 10.7. The predicted octanol–water partition coefficient (Wildman–Crippen LogP) is 3.87. The van der Waals surface area contributed by atoms with Crippen LogP contribution in [-0.2, 0) is 16.1 Å². The fourth-order valence-electron chi connectivity index (χ4n) is 4.37. The van der Waals surface area contributed by atoms with Gasteiger partial charge in [0.25, 0.3) is 0 Å². The third kappa shape index (κ3) is 4.04. The van der Waals surface area contributed by atoms with E-state index in [1.807, 2.05) is 36.5 Å². The Balaban J connectivity index is 1.31. The number of rotatable bonds is 5. The van der Waals surface area contributed by atoms with Crippen molar-refractivity contribution in [1.82, 2.24) is 15.3 Å². The molecular weight excluding hydrogens is 396 g/mol. The molecule has 6 nitrogen and oxygen atoms in total. The molecule has 1 amide bonds. The fourth-order valence-corrected chi connectivity index (χ4v) is 5.42. The van der Waals surface area contributed by atoms with Gasteiger partial charge in [-0.05, 0) is 48.8 Å². The summed E-state index contributed by atoms with van der Waals surface area (Å²) in [6, 6.07) is 12.1. The number of hydrogen-bond acceptors (Lipinski definition) is 6. The number of carbonyl (C=O) groups is 1. The molecular formula is C23H26N4O2S. The van der Waals surface area contributed by atoms with E-state index in [2.05, 4.69) is 21.3 Å². The number of amides is 1. The van der Waals surface area contributed by atoms with Crippen LogP contribution in [0, 0.1) is 0 Å². The number of carbonyl (C=O) groups excluding carboxylic acids is 1. The predicted molar refractivity (Wildman–Crippen MR) is 119 cm³/mol. The Kier molecular flexibility index (Phi) is 5.64. The van der Waals surface area contributed by atoms with Gasteiger partial charge in [0.15, 0.2) is 10.8 Å². The molecule has 1 N–H and O–H groups in total. The van der Waals surface area contributed by atoms with E-state index in [4.69, 9.17) is 9.72 Å². The summed E-state index contributed by atoms with van der Waals surface area (Å²) in [6.07, 6.45) is 5.93. The zero-order valence-electron chi connectivity index (χ0n) is 16.9. The van der Waals surface area contributed by atoms with E-state index in [0.29, 0.717) is 12.5 Å². The number of nitrogens with one attached hydrogen (secondary N) is 1. The SMILES string of the molecule is O=C(NCc1ccccc1)[C@H]1CCCN1c1nc2ncc(C3CCOCC3)cc2s1. The smallest absolute Gasteiger partial charge is 0.243 e. The summed E-state index contributed by atoms with van der Waals surface area (Å²) in [5, 5.41) is 4.00. The lowest BCUT2D eigenvalue weighted by Crippen LogP contribution is -2.43. The standard InChI is InChI=1S/C23H26N4O2S/c28-22(25-14-16-5-2-1-3-6-16)19-7-4-10-27(19)23-26-21-20(30-23)13-18(15-24-21)17-8-11-29-12-9-17/h1-3,5-6,13,15,17,19H,4,7-12,14H2,(H,25,28)/t19-/m1/s1. The molecule has 156 valence electrons. The zero-order chi connectivity index (χ0) is 20.3. The molecule has 3 aromatic rings. The van der Waals surface area contributed by atoms with Crippen LogP contribution >= 0.6 is 11.3 Å². The first kappa shape index (κ1) is 19.5. The Hall–Kier alpha value is -2.51. The van der Waals surface area contributed by atoms with Crippen LogP contribution in [0.2, 0.25) is 0 Å². The molecule has 2 saturated heterocycles. The highest BCUT2D eigenvalue weighted by molar-refractivity contribution is 7.22. The molecule has 0 bridgehead atoms. The molecule has 1 atom stereocenters. The Bertz CT molecular complexity index is 1020. The minimum Gasteiger partial charge on any atom is -0.381 e. The lowest BCUT2D eigenvalue weighted by atomic mass is 9.93.